The molecule has 114 valence electrons. The van der Waals surface area contributed by atoms with E-state index in [9.17, 15) is 22.0 Å². The summed E-state index contributed by atoms with van der Waals surface area (Å²) in [6.45, 7) is 1.42. The van der Waals surface area contributed by atoms with Crippen molar-refractivity contribution in [3.05, 3.63) is 59.4 Å². The zero-order valence-electron chi connectivity index (χ0n) is 11.3. The van der Waals surface area contributed by atoms with Crippen LogP contribution in [0.5, 0.6) is 0 Å². The summed E-state index contributed by atoms with van der Waals surface area (Å²) in [5.41, 5.74) is -1.27. The highest BCUT2D eigenvalue weighted by Crippen LogP contribution is 2.42. The fraction of sp³-hybridized carbons (Fsp3) is 0.125. The largest absolute Gasteiger partial charge is 0.458 e. The Morgan fingerprint density at radius 3 is 2.36 bits per heavy atom. The maximum atomic E-state index is 13.7. The van der Waals surface area contributed by atoms with Gasteiger partial charge in [-0.15, -0.1) is 0 Å². The molecular formula is C16H9F5O. The van der Waals surface area contributed by atoms with Crippen molar-refractivity contribution in [1.29, 1.82) is 0 Å². The predicted molar refractivity (Wildman–Crippen MR) is 71.3 cm³/mol. The standard InChI is InChI=1S/C16H9F5O/c1-8-14(10-4-2-3-5-12(10)16(19,20)21)11-6-9(17)7-13(18)15(11)22-8/h2-7H,1H3. The molecule has 0 unspecified atom stereocenters. The number of rotatable bonds is 1. The Morgan fingerprint density at radius 1 is 1.00 bits per heavy atom. The van der Waals surface area contributed by atoms with Crippen molar-refractivity contribution >= 4 is 11.0 Å². The van der Waals surface area contributed by atoms with Gasteiger partial charge in [0.25, 0.3) is 0 Å². The first-order valence-corrected chi connectivity index (χ1v) is 6.34. The summed E-state index contributed by atoms with van der Waals surface area (Å²) in [6.07, 6.45) is -4.58. The van der Waals surface area contributed by atoms with E-state index >= 15 is 0 Å². The molecule has 3 aromatic rings. The lowest BCUT2D eigenvalue weighted by atomic mass is 9.97. The minimum Gasteiger partial charge on any atom is -0.458 e. The number of fused-ring (bicyclic) bond motifs is 1. The zero-order valence-corrected chi connectivity index (χ0v) is 11.3. The van der Waals surface area contributed by atoms with Crippen molar-refractivity contribution in [3.8, 4) is 11.1 Å². The average molecular weight is 312 g/mol. The Labute approximate surface area is 122 Å². The van der Waals surface area contributed by atoms with E-state index in [0.717, 1.165) is 12.1 Å². The van der Waals surface area contributed by atoms with Crippen LogP contribution in [0.4, 0.5) is 22.0 Å². The molecule has 1 heterocycles. The summed E-state index contributed by atoms with van der Waals surface area (Å²) >= 11 is 0. The second-order valence-electron chi connectivity index (χ2n) is 4.84. The van der Waals surface area contributed by atoms with Crippen LogP contribution in [0.15, 0.2) is 40.8 Å². The molecule has 0 aliphatic carbocycles. The van der Waals surface area contributed by atoms with Gasteiger partial charge in [-0.1, -0.05) is 18.2 Å². The minimum atomic E-state index is -4.58. The Kier molecular flexibility index (Phi) is 3.20. The fourth-order valence-electron chi connectivity index (χ4n) is 2.53. The van der Waals surface area contributed by atoms with Gasteiger partial charge in [0.1, 0.15) is 11.6 Å². The summed E-state index contributed by atoms with van der Waals surface area (Å²) in [5.74, 6) is -1.73. The van der Waals surface area contributed by atoms with E-state index in [0.29, 0.717) is 6.07 Å². The molecule has 0 saturated carbocycles. The van der Waals surface area contributed by atoms with Gasteiger partial charge in [0.15, 0.2) is 11.4 Å². The summed E-state index contributed by atoms with van der Waals surface area (Å²) in [5, 5.41) is -0.0216. The third kappa shape index (κ3) is 2.24. The van der Waals surface area contributed by atoms with Crippen LogP contribution >= 0.6 is 0 Å². The molecule has 0 spiro atoms. The quantitative estimate of drug-likeness (QED) is 0.525. The van der Waals surface area contributed by atoms with Gasteiger partial charge >= 0.3 is 6.18 Å². The van der Waals surface area contributed by atoms with Crippen molar-refractivity contribution in [3.63, 3.8) is 0 Å². The molecule has 0 aliphatic heterocycles. The van der Waals surface area contributed by atoms with E-state index in [1.807, 2.05) is 0 Å². The van der Waals surface area contributed by atoms with Crippen molar-refractivity contribution in [2.24, 2.45) is 0 Å². The fourth-order valence-corrected chi connectivity index (χ4v) is 2.53. The topological polar surface area (TPSA) is 13.1 Å². The first kappa shape index (κ1) is 14.6. The molecule has 0 N–H and O–H groups in total. The Bertz CT molecular complexity index is 861. The summed E-state index contributed by atoms with van der Waals surface area (Å²) in [7, 11) is 0. The highest BCUT2D eigenvalue weighted by molar-refractivity contribution is 5.96. The molecule has 2 aromatic carbocycles. The van der Waals surface area contributed by atoms with Gasteiger partial charge in [0.05, 0.1) is 5.56 Å². The first-order chi connectivity index (χ1) is 10.3. The number of hydrogen-bond acceptors (Lipinski definition) is 1. The lowest BCUT2D eigenvalue weighted by Crippen LogP contribution is -2.07. The SMILES string of the molecule is Cc1oc2c(F)cc(F)cc2c1-c1ccccc1C(F)(F)F. The number of aryl methyl sites for hydroxylation is 1. The molecule has 0 radical (unpaired) electrons. The summed E-state index contributed by atoms with van der Waals surface area (Å²) < 4.78 is 71.8. The molecule has 0 saturated heterocycles. The van der Waals surface area contributed by atoms with Crippen molar-refractivity contribution in [2.75, 3.05) is 0 Å². The van der Waals surface area contributed by atoms with E-state index in [1.54, 1.807) is 0 Å². The molecule has 6 heteroatoms. The van der Waals surface area contributed by atoms with Gasteiger partial charge in [-0.2, -0.15) is 13.2 Å². The van der Waals surface area contributed by atoms with Crippen LogP contribution in [0.3, 0.4) is 0 Å². The molecular weight excluding hydrogens is 303 g/mol. The van der Waals surface area contributed by atoms with Gasteiger partial charge in [-0.3, -0.25) is 0 Å². The molecule has 22 heavy (non-hydrogen) atoms. The van der Waals surface area contributed by atoms with Crippen LogP contribution in [0.25, 0.3) is 22.1 Å². The van der Waals surface area contributed by atoms with Crippen molar-refractivity contribution in [2.45, 2.75) is 13.1 Å². The maximum Gasteiger partial charge on any atom is 0.417 e. The van der Waals surface area contributed by atoms with Crippen LogP contribution < -0.4 is 0 Å². The lowest BCUT2D eigenvalue weighted by Gasteiger charge is -2.12. The highest BCUT2D eigenvalue weighted by atomic mass is 19.4. The van der Waals surface area contributed by atoms with Crippen LogP contribution in [-0.2, 0) is 6.18 Å². The van der Waals surface area contributed by atoms with Crippen LogP contribution in [0.2, 0.25) is 0 Å². The normalized spacial score (nSPS) is 12.1. The van der Waals surface area contributed by atoms with E-state index in [-0.39, 0.29) is 27.9 Å². The second-order valence-corrected chi connectivity index (χ2v) is 4.84. The average Bonchev–Trinajstić information content (AvgIpc) is 2.74. The Morgan fingerprint density at radius 2 is 1.68 bits per heavy atom. The molecule has 1 nitrogen and oxygen atoms in total. The smallest absolute Gasteiger partial charge is 0.417 e. The highest BCUT2D eigenvalue weighted by Gasteiger charge is 2.34. The maximum absolute atomic E-state index is 13.7. The van der Waals surface area contributed by atoms with Crippen molar-refractivity contribution < 1.29 is 26.4 Å². The molecule has 0 amide bonds. The molecule has 0 fully saturated rings. The Hall–Kier alpha value is -2.37. The first-order valence-electron chi connectivity index (χ1n) is 6.34. The number of furan rings is 1. The van der Waals surface area contributed by atoms with E-state index in [1.165, 1.54) is 25.1 Å². The van der Waals surface area contributed by atoms with E-state index in [4.69, 9.17) is 4.42 Å². The number of halogens is 5. The minimum absolute atomic E-state index is 0.0216. The second kappa shape index (κ2) is 4.83. The summed E-state index contributed by atoms with van der Waals surface area (Å²) in [6, 6.07) is 6.46. The van der Waals surface area contributed by atoms with Gasteiger partial charge < -0.3 is 4.42 Å². The van der Waals surface area contributed by atoms with Crippen molar-refractivity contribution in [1.82, 2.24) is 0 Å². The van der Waals surface area contributed by atoms with E-state index < -0.39 is 23.4 Å². The van der Waals surface area contributed by atoms with Gasteiger partial charge in [0.2, 0.25) is 0 Å². The molecule has 0 bridgehead atoms. The molecule has 0 aliphatic rings. The van der Waals surface area contributed by atoms with Gasteiger partial charge in [0, 0.05) is 17.0 Å². The number of hydrogen-bond donors (Lipinski definition) is 0. The number of alkyl halides is 3. The molecule has 0 atom stereocenters. The van der Waals surface area contributed by atoms with Crippen LogP contribution in [0, 0.1) is 18.6 Å². The van der Waals surface area contributed by atoms with Gasteiger partial charge in [-0.25, -0.2) is 8.78 Å². The third-order valence-electron chi connectivity index (χ3n) is 3.39. The summed E-state index contributed by atoms with van der Waals surface area (Å²) in [4.78, 5) is 0. The Balaban J connectivity index is 2.40. The van der Waals surface area contributed by atoms with E-state index in [2.05, 4.69) is 0 Å². The van der Waals surface area contributed by atoms with Gasteiger partial charge in [-0.05, 0) is 24.6 Å². The molecule has 1 aromatic heterocycles. The number of benzene rings is 2. The monoisotopic (exact) mass is 312 g/mol. The third-order valence-corrected chi connectivity index (χ3v) is 3.39. The molecule has 3 rings (SSSR count). The predicted octanol–water partition coefficient (Wildman–Crippen LogP) is 5.71. The zero-order chi connectivity index (χ0) is 16.1. The lowest BCUT2D eigenvalue weighted by molar-refractivity contribution is -0.137. The van der Waals surface area contributed by atoms with Crippen LogP contribution in [-0.4, -0.2) is 0 Å². The van der Waals surface area contributed by atoms with Crippen LogP contribution in [0.1, 0.15) is 11.3 Å².